The van der Waals surface area contributed by atoms with Gasteiger partial charge >= 0.3 is 0 Å². The Bertz CT molecular complexity index is 591. The minimum atomic E-state index is 0.0825. The predicted octanol–water partition coefficient (Wildman–Crippen LogP) is 3.26. The van der Waals surface area contributed by atoms with E-state index in [1.54, 1.807) is 13.1 Å². The number of carbonyl (C=O) groups is 1. The second-order valence-corrected chi connectivity index (χ2v) is 5.41. The second-order valence-electron chi connectivity index (χ2n) is 4.35. The van der Waals surface area contributed by atoms with Crippen molar-refractivity contribution in [3.8, 4) is 5.75 Å². The van der Waals surface area contributed by atoms with Crippen LogP contribution in [-0.2, 0) is 0 Å². The maximum absolute atomic E-state index is 11.3. The van der Waals surface area contributed by atoms with Crippen LogP contribution in [0.2, 0.25) is 0 Å². The first-order valence-corrected chi connectivity index (χ1v) is 6.76. The number of hydrogen-bond acceptors (Lipinski definition) is 4. The summed E-state index contributed by atoms with van der Waals surface area (Å²) >= 11 is 1.49. The average molecular weight is 259 g/mol. The summed E-state index contributed by atoms with van der Waals surface area (Å²) in [6.07, 6.45) is 2.60. The third kappa shape index (κ3) is 1.93. The first-order chi connectivity index (χ1) is 8.75. The number of rotatable bonds is 2. The van der Waals surface area contributed by atoms with Crippen molar-refractivity contribution >= 4 is 17.1 Å². The minimum absolute atomic E-state index is 0.0825. The zero-order valence-electron chi connectivity index (χ0n) is 10.1. The van der Waals surface area contributed by atoms with Gasteiger partial charge in [0.05, 0.1) is 11.5 Å². The van der Waals surface area contributed by atoms with Gasteiger partial charge < -0.3 is 4.74 Å². The molecule has 0 amide bonds. The SMILES string of the molecule is CC(=O)c1cnc(C2CCOc3ccccc32)s1. The minimum Gasteiger partial charge on any atom is -0.493 e. The van der Waals surface area contributed by atoms with Gasteiger partial charge in [-0.15, -0.1) is 11.3 Å². The number of carbonyl (C=O) groups excluding carboxylic acids is 1. The molecule has 0 bridgehead atoms. The third-order valence-electron chi connectivity index (χ3n) is 3.13. The van der Waals surface area contributed by atoms with Crippen molar-refractivity contribution in [2.24, 2.45) is 0 Å². The lowest BCUT2D eigenvalue weighted by Gasteiger charge is -2.24. The highest BCUT2D eigenvalue weighted by Gasteiger charge is 2.25. The van der Waals surface area contributed by atoms with Crippen LogP contribution in [0.1, 0.15) is 39.5 Å². The molecule has 92 valence electrons. The van der Waals surface area contributed by atoms with Gasteiger partial charge in [0.25, 0.3) is 0 Å². The van der Waals surface area contributed by atoms with Crippen molar-refractivity contribution in [2.75, 3.05) is 6.61 Å². The van der Waals surface area contributed by atoms with E-state index in [9.17, 15) is 4.79 Å². The molecule has 2 heterocycles. The van der Waals surface area contributed by atoms with E-state index in [-0.39, 0.29) is 11.7 Å². The molecular weight excluding hydrogens is 246 g/mol. The van der Waals surface area contributed by atoms with Crippen LogP contribution in [0.5, 0.6) is 5.75 Å². The smallest absolute Gasteiger partial charge is 0.171 e. The quantitative estimate of drug-likeness (QED) is 0.777. The normalized spacial score (nSPS) is 17.9. The van der Waals surface area contributed by atoms with Gasteiger partial charge in [-0.3, -0.25) is 4.79 Å². The molecule has 1 aromatic heterocycles. The van der Waals surface area contributed by atoms with Gasteiger partial charge in [-0.25, -0.2) is 4.98 Å². The topological polar surface area (TPSA) is 39.2 Å². The second kappa shape index (κ2) is 4.53. The van der Waals surface area contributed by atoms with Crippen LogP contribution in [0.3, 0.4) is 0 Å². The van der Waals surface area contributed by atoms with Crippen molar-refractivity contribution < 1.29 is 9.53 Å². The number of aromatic nitrogens is 1. The molecule has 0 aliphatic carbocycles. The molecule has 1 aliphatic rings. The van der Waals surface area contributed by atoms with E-state index in [0.29, 0.717) is 6.61 Å². The Labute approximate surface area is 109 Å². The molecule has 3 rings (SSSR count). The van der Waals surface area contributed by atoms with Crippen LogP contribution in [0, 0.1) is 0 Å². The molecule has 1 aromatic carbocycles. The van der Waals surface area contributed by atoms with Gasteiger partial charge in [-0.2, -0.15) is 0 Å². The van der Waals surface area contributed by atoms with Gasteiger partial charge in [0, 0.05) is 24.6 Å². The van der Waals surface area contributed by atoms with Crippen LogP contribution in [0.4, 0.5) is 0 Å². The molecule has 4 heteroatoms. The highest BCUT2D eigenvalue weighted by atomic mass is 32.1. The van der Waals surface area contributed by atoms with E-state index in [1.165, 1.54) is 16.9 Å². The molecule has 1 atom stereocenters. The van der Waals surface area contributed by atoms with Gasteiger partial charge in [-0.05, 0) is 12.5 Å². The maximum atomic E-state index is 11.3. The lowest BCUT2D eigenvalue weighted by Crippen LogP contribution is -2.14. The predicted molar refractivity (Wildman–Crippen MR) is 70.5 cm³/mol. The number of benzene rings is 1. The van der Waals surface area contributed by atoms with E-state index in [1.807, 2.05) is 18.2 Å². The fraction of sp³-hybridized carbons (Fsp3) is 0.286. The Hall–Kier alpha value is -1.68. The molecule has 18 heavy (non-hydrogen) atoms. The first-order valence-electron chi connectivity index (χ1n) is 5.94. The van der Waals surface area contributed by atoms with Gasteiger partial charge in [-0.1, -0.05) is 18.2 Å². The zero-order valence-corrected chi connectivity index (χ0v) is 10.9. The molecule has 0 saturated heterocycles. The Morgan fingerprint density at radius 1 is 1.44 bits per heavy atom. The van der Waals surface area contributed by atoms with Crippen molar-refractivity contribution in [3.05, 3.63) is 45.9 Å². The highest BCUT2D eigenvalue weighted by Crippen LogP contribution is 2.39. The number of hydrogen-bond donors (Lipinski definition) is 0. The van der Waals surface area contributed by atoms with Crippen molar-refractivity contribution in [3.63, 3.8) is 0 Å². The molecule has 0 spiro atoms. The average Bonchev–Trinajstić information content (AvgIpc) is 2.87. The molecule has 0 radical (unpaired) electrons. The highest BCUT2D eigenvalue weighted by molar-refractivity contribution is 7.13. The lowest BCUT2D eigenvalue weighted by molar-refractivity contribution is 0.102. The van der Waals surface area contributed by atoms with Crippen LogP contribution < -0.4 is 4.74 Å². The molecule has 0 saturated carbocycles. The van der Waals surface area contributed by atoms with Crippen LogP contribution in [-0.4, -0.2) is 17.4 Å². The summed E-state index contributed by atoms with van der Waals surface area (Å²) < 4.78 is 5.64. The van der Waals surface area contributed by atoms with E-state index >= 15 is 0 Å². The van der Waals surface area contributed by atoms with Crippen LogP contribution in [0.25, 0.3) is 0 Å². The molecule has 0 N–H and O–H groups in total. The largest absolute Gasteiger partial charge is 0.493 e. The van der Waals surface area contributed by atoms with E-state index in [0.717, 1.165) is 22.1 Å². The Balaban J connectivity index is 2.00. The van der Waals surface area contributed by atoms with E-state index in [4.69, 9.17) is 4.74 Å². The van der Waals surface area contributed by atoms with Crippen LogP contribution in [0.15, 0.2) is 30.5 Å². The zero-order chi connectivity index (χ0) is 12.5. The Morgan fingerprint density at radius 3 is 3.06 bits per heavy atom. The number of Topliss-reactive ketones (excluding diaryl/α,β-unsaturated/α-hetero) is 1. The number of para-hydroxylation sites is 1. The fourth-order valence-corrected chi connectivity index (χ4v) is 3.18. The molecular formula is C14H13NO2S. The lowest BCUT2D eigenvalue weighted by atomic mass is 9.94. The van der Waals surface area contributed by atoms with Gasteiger partial charge in [0.2, 0.25) is 0 Å². The summed E-state index contributed by atoms with van der Waals surface area (Å²) in [7, 11) is 0. The number of nitrogens with zero attached hydrogens (tertiary/aromatic N) is 1. The number of fused-ring (bicyclic) bond motifs is 1. The summed E-state index contributed by atoms with van der Waals surface area (Å²) in [5, 5.41) is 1.01. The maximum Gasteiger partial charge on any atom is 0.171 e. The Morgan fingerprint density at radius 2 is 2.28 bits per heavy atom. The summed E-state index contributed by atoms with van der Waals surface area (Å²) in [5.41, 5.74) is 1.17. The third-order valence-corrected chi connectivity index (χ3v) is 4.34. The summed E-state index contributed by atoms with van der Waals surface area (Å²) in [6.45, 7) is 2.28. The molecule has 0 fully saturated rings. The first kappa shape index (κ1) is 11.4. The number of ether oxygens (including phenoxy) is 1. The van der Waals surface area contributed by atoms with Crippen molar-refractivity contribution in [1.82, 2.24) is 4.98 Å². The van der Waals surface area contributed by atoms with E-state index < -0.39 is 0 Å². The molecule has 1 unspecified atom stereocenters. The van der Waals surface area contributed by atoms with Gasteiger partial charge in [0.1, 0.15) is 10.8 Å². The standard InChI is InChI=1S/C14H13NO2S/c1-9(16)13-8-15-14(18-13)11-6-7-17-12-5-3-2-4-10(11)12/h2-5,8,11H,6-7H2,1H3. The molecule has 3 nitrogen and oxygen atoms in total. The molecule has 2 aromatic rings. The van der Waals surface area contributed by atoms with Gasteiger partial charge in [0.15, 0.2) is 5.78 Å². The number of ketones is 1. The van der Waals surface area contributed by atoms with Crippen molar-refractivity contribution in [2.45, 2.75) is 19.3 Å². The van der Waals surface area contributed by atoms with Crippen LogP contribution >= 0.6 is 11.3 Å². The summed E-state index contributed by atoms with van der Waals surface area (Å²) in [4.78, 5) is 16.5. The summed E-state index contributed by atoms with van der Waals surface area (Å²) in [5.74, 6) is 1.28. The summed E-state index contributed by atoms with van der Waals surface area (Å²) in [6, 6.07) is 8.05. The number of thiazole rings is 1. The Kier molecular flexibility index (Phi) is 2.88. The van der Waals surface area contributed by atoms with E-state index in [2.05, 4.69) is 11.1 Å². The monoisotopic (exact) mass is 259 g/mol. The molecule has 1 aliphatic heterocycles. The fourth-order valence-electron chi connectivity index (χ4n) is 2.21. The van der Waals surface area contributed by atoms with Crippen molar-refractivity contribution in [1.29, 1.82) is 0 Å².